The zero-order valence-corrected chi connectivity index (χ0v) is 11.3. The van der Waals surface area contributed by atoms with Crippen LogP contribution in [0.15, 0.2) is 36.1 Å². The van der Waals surface area contributed by atoms with E-state index in [1.807, 2.05) is 19.9 Å². The highest BCUT2D eigenvalue weighted by atomic mass is 15.1. The first-order chi connectivity index (χ1) is 7.15. The zero-order chi connectivity index (χ0) is 12.3. The summed E-state index contributed by atoms with van der Waals surface area (Å²) in [5.41, 5.74) is 2.51. The highest BCUT2D eigenvalue weighted by Gasteiger charge is 1.98. The van der Waals surface area contributed by atoms with Gasteiger partial charge in [0.25, 0.3) is 0 Å². The van der Waals surface area contributed by atoms with Gasteiger partial charge in [-0.2, -0.15) is 0 Å². The topological polar surface area (TPSA) is 3.24 Å². The molecular weight excluding hydrogens is 182 g/mol. The molecule has 1 heteroatoms. The van der Waals surface area contributed by atoms with Crippen LogP contribution >= 0.6 is 0 Å². The van der Waals surface area contributed by atoms with Crippen molar-refractivity contribution >= 4 is 0 Å². The summed E-state index contributed by atoms with van der Waals surface area (Å²) in [5, 5.41) is 0. The molecule has 15 heavy (non-hydrogen) atoms. The van der Waals surface area contributed by atoms with E-state index in [1.165, 1.54) is 11.3 Å². The van der Waals surface area contributed by atoms with E-state index in [-0.39, 0.29) is 0 Å². The summed E-state index contributed by atoms with van der Waals surface area (Å²) >= 11 is 0. The van der Waals surface area contributed by atoms with Gasteiger partial charge in [-0.1, -0.05) is 32.1 Å². The normalized spacial score (nSPS) is 9.87. The summed E-state index contributed by atoms with van der Waals surface area (Å²) < 4.78 is 0. The molecule has 0 aliphatic rings. The quantitative estimate of drug-likeness (QED) is 0.607. The maximum atomic E-state index is 3.82. The fourth-order valence-corrected chi connectivity index (χ4v) is 1.14. The van der Waals surface area contributed by atoms with Gasteiger partial charge in [-0.15, -0.1) is 0 Å². The number of allylic oxidation sites excluding steroid dienone is 4. The molecule has 0 unspecified atom stereocenters. The van der Waals surface area contributed by atoms with Gasteiger partial charge in [-0.25, -0.2) is 0 Å². The summed E-state index contributed by atoms with van der Waals surface area (Å²) in [4.78, 5) is 2.28. The van der Waals surface area contributed by atoms with Gasteiger partial charge in [0.1, 0.15) is 0 Å². The van der Waals surface area contributed by atoms with Gasteiger partial charge in [0, 0.05) is 18.8 Å². The van der Waals surface area contributed by atoms with Crippen LogP contribution in [0, 0.1) is 0 Å². The van der Waals surface area contributed by atoms with Gasteiger partial charge < -0.3 is 4.90 Å². The van der Waals surface area contributed by atoms with E-state index < -0.39 is 0 Å². The predicted molar refractivity (Wildman–Crippen MR) is 72.0 cm³/mol. The lowest BCUT2D eigenvalue weighted by Gasteiger charge is -2.21. The molecular formula is C14H27N. The predicted octanol–water partition coefficient (Wildman–Crippen LogP) is 4.39. The zero-order valence-electron chi connectivity index (χ0n) is 11.3. The first-order valence-electron chi connectivity index (χ1n) is 5.88. The van der Waals surface area contributed by atoms with Crippen molar-refractivity contribution < 1.29 is 0 Å². The second-order valence-corrected chi connectivity index (χ2v) is 3.21. The molecule has 0 fully saturated rings. The molecule has 0 heterocycles. The smallest absolute Gasteiger partial charge is 0.0360 e. The minimum atomic E-state index is 1.03. The van der Waals surface area contributed by atoms with E-state index in [9.17, 15) is 0 Å². The molecule has 0 aromatic heterocycles. The van der Waals surface area contributed by atoms with E-state index >= 15 is 0 Å². The molecule has 88 valence electrons. The van der Waals surface area contributed by atoms with Crippen molar-refractivity contribution in [3.05, 3.63) is 36.1 Å². The molecule has 0 rings (SSSR count). The van der Waals surface area contributed by atoms with Crippen molar-refractivity contribution in [2.45, 2.75) is 41.5 Å². The second-order valence-electron chi connectivity index (χ2n) is 3.21. The molecule has 0 aliphatic heterocycles. The van der Waals surface area contributed by atoms with Crippen molar-refractivity contribution in [3.8, 4) is 0 Å². The molecule has 0 amide bonds. The van der Waals surface area contributed by atoms with Crippen LogP contribution in [0.4, 0.5) is 0 Å². The van der Waals surface area contributed by atoms with Gasteiger partial charge in [-0.05, 0) is 39.8 Å². The van der Waals surface area contributed by atoms with E-state index in [1.54, 1.807) is 0 Å². The van der Waals surface area contributed by atoms with E-state index in [2.05, 4.69) is 51.3 Å². The molecule has 0 saturated heterocycles. The Morgan fingerprint density at radius 1 is 1.07 bits per heavy atom. The molecule has 0 radical (unpaired) electrons. The van der Waals surface area contributed by atoms with Gasteiger partial charge >= 0.3 is 0 Å². The second kappa shape index (κ2) is 11.1. The number of nitrogens with zero attached hydrogens (tertiary/aromatic N) is 1. The minimum Gasteiger partial charge on any atom is -0.372 e. The van der Waals surface area contributed by atoms with Crippen LogP contribution in [0.2, 0.25) is 0 Å². The van der Waals surface area contributed by atoms with Gasteiger partial charge in [0.15, 0.2) is 0 Å². The number of hydrogen-bond donors (Lipinski definition) is 0. The fraction of sp³-hybridized carbons (Fsp3) is 0.571. The lowest BCUT2D eigenvalue weighted by Crippen LogP contribution is -2.20. The lowest BCUT2D eigenvalue weighted by atomic mass is 10.2. The van der Waals surface area contributed by atoms with E-state index in [0.29, 0.717) is 0 Å². The first-order valence-corrected chi connectivity index (χ1v) is 5.88. The third kappa shape index (κ3) is 8.04. The molecule has 0 bridgehead atoms. The number of likely N-dealkylation sites (N-methyl/N-ethyl adjacent to an activating group) is 1. The Morgan fingerprint density at radius 3 is 1.80 bits per heavy atom. The Bertz CT molecular complexity index is 203. The Morgan fingerprint density at radius 2 is 1.53 bits per heavy atom. The van der Waals surface area contributed by atoms with E-state index in [4.69, 9.17) is 0 Å². The summed E-state index contributed by atoms with van der Waals surface area (Å²) in [7, 11) is 0. The van der Waals surface area contributed by atoms with Crippen molar-refractivity contribution in [1.29, 1.82) is 0 Å². The Balaban J connectivity index is 0. The maximum absolute atomic E-state index is 3.82. The lowest BCUT2D eigenvalue weighted by molar-refractivity contribution is 0.395. The Kier molecular flexibility index (Phi) is 12.2. The number of rotatable bonds is 5. The first kappa shape index (κ1) is 16.4. The Labute approximate surface area is 96.2 Å². The summed E-state index contributed by atoms with van der Waals surface area (Å²) in [5.74, 6) is 0. The monoisotopic (exact) mass is 209 g/mol. The van der Waals surface area contributed by atoms with Crippen molar-refractivity contribution in [3.63, 3.8) is 0 Å². The van der Waals surface area contributed by atoms with Crippen LogP contribution < -0.4 is 0 Å². The van der Waals surface area contributed by atoms with E-state index in [0.717, 1.165) is 13.1 Å². The average Bonchev–Trinajstić information content (AvgIpc) is 2.26. The van der Waals surface area contributed by atoms with Crippen LogP contribution in [-0.2, 0) is 0 Å². The highest BCUT2D eigenvalue weighted by molar-refractivity contribution is 5.22. The van der Waals surface area contributed by atoms with Gasteiger partial charge in [-0.3, -0.25) is 0 Å². The standard InChI is InChI=1S/C12H21N.C2H6/c1-6-12(10-9-11(4)5)13(7-2)8-3;1-2/h6,9-10H,1,7-8H2,2-5H3;1-2H3/b12-10+;. The number of hydrogen-bond acceptors (Lipinski definition) is 1. The summed E-state index contributed by atoms with van der Waals surface area (Å²) in [6.45, 7) is 18.4. The molecule has 0 saturated carbocycles. The largest absolute Gasteiger partial charge is 0.372 e. The molecule has 0 spiro atoms. The van der Waals surface area contributed by atoms with Crippen LogP contribution in [-0.4, -0.2) is 18.0 Å². The fourth-order valence-electron chi connectivity index (χ4n) is 1.14. The van der Waals surface area contributed by atoms with Gasteiger partial charge in [0.05, 0.1) is 0 Å². The molecule has 1 nitrogen and oxygen atoms in total. The van der Waals surface area contributed by atoms with Crippen LogP contribution in [0.5, 0.6) is 0 Å². The van der Waals surface area contributed by atoms with Crippen molar-refractivity contribution in [2.24, 2.45) is 0 Å². The molecule has 0 aromatic carbocycles. The SMILES string of the molecule is C=C/C(=C\C=C(C)C)N(CC)CC.CC. The van der Waals surface area contributed by atoms with Crippen LogP contribution in [0.3, 0.4) is 0 Å². The third-order valence-electron chi connectivity index (χ3n) is 1.93. The van der Waals surface area contributed by atoms with Crippen molar-refractivity contribution in [2.75, 3.05) is 13.1 Å². The molecule has 0 N–H and O–H groups in total. The van der Waals surface area contributed by atoms with Crippen molar-refractivity contribution in [1.82, 2.24) is 4.90 Å². The average molecular weight is 209 g/mol. The Hall–Kier alpha value is -0.980. The van der Waals surface area contributed by atoms with Crippen LogP contribution in [0.1, 0.15) is 41.5 Å². The molecule has 0 aromatic rings. The highest BCUT2D eigenvalue weighted by Crippen LogP contribution is 2.05. The van der Waals surface area contributed by atoms with Crippen LogP contribution in [0.25, 0.3) is 0 Å². The minimum absolute atomic E-state index is 1.03. The maximum Gasteiger partial charge on any atom is 0.0360 e. The molecule has 0 aliphatic carbocycles. The summed E-state index contributed by atoms with van der Waals surface area (Å²) in [6, 6.07) is 0. The summed E-state index contributed by atoms with van der Waals surface area (Å²) in [6.07, 6.45) is 6.15. The third-order valence-corrected chi connectivity index (χ3v) is 1.93. The molecule has 0 atom stereocenters. The van der Waals surface area contributed by atoms with Gasteiger partial charge in [0.2, 0.25) is 0 Å².